The summed E-state index contributed by atoms with van der Waals surface area (Å²) in [5.74, 6) is 0.735. The summed E-state index contributed by atoms with van der Waals surface area (Å²) in [6.07, 6.45) is -2.40. The fourth-order valence-electron chi connectivity index (χ4n) is 3.42. The number of nitrogen functional groups attached to an aromatic ring is 1. The Bertz CT molecular complexity index is 1010. The van der Waals surface area contributed by atoms with Crippen molar-refractivity contribution in [3.63, 3.8) is 0 Å². The van der Waals surface area contributed by atoms with Crippen LogP contribution >= 0.6 is 0 Å². The highest BCUT2D eigenvalue weighted by Gasteiger charge is 2.30. The minimum atomic E-state index is -4.37. The van der Waals surface area contributed by atoms with Crippen molar-refractivity contribution in [1.82, 2.24) is 19.9 Å². The smallest absolute Gasteiger partial charge is 0.383 e. The van der Waals surface area contributed by atoms with Gasteiger partial charge < -0.3 is 16.0 Å². The Labute approximate surface area is 166 Å². The summed E-state index contributed by atoms with van der Waals surface area (Å²) in [6, 6.07) is 8.60. The summed E-state index contributed by atoms with van der Waals surface area (Å²) < 4.78 is 38.3. The Hall–Kier alpha value is -2.94. The summed E-state index contributed by atoms with van der Waals surface area (Å²) in [7, 11) is 2.09. The summed E-state index contributed by atoms with van der Waals surface area (Å²) in [5.41, 5.74) is 6.88. The van der Waals surface area contributed by atoms with Gasteiger partial charge in [-0.2, -0.15) is 23.1 Å². The molecule has 0 atom stereocenters. The number of aromatic nitrogens is 3. The SMILES string of the molecule is CN1CCC(Nc2nc(N)c3ccc(-c4ccc(C(F)(F)F)cc4)nc3n2)CC1. The molecule has 0 spiro atoms. The number of rotatable bonds is 3. The molecule has 1 aliphatic rings. The molecule has 3 aromatic rings. The number of alkyl halides is 3. The minimum absolute atomic E-state index is 0.265. The number of nitrogens with one attached hydrogen (secondary N) is 1. The van der Waals surface area contributed by atoms with Crippen LogP contribution in [0.5, 0.6) is 0 Å². The van der Waals surface area contributed by atoms with E-state index in [-0.39, 0.29) is 6.04 Å². The van der Waals surface area contributed by atoms with Crippen molar-refractivity contribution < 1.29 is 13.2 Å². The van der Waals surface area contributed by atoms with Crippen LogP contribution < -0.4 is 11.1 Å². The number of nitrogens with two attached hydrogens (primary N) is 1. The zero-order chi connectivity index (χ0) is 20.6. The van der Waals surface area contributed by atoms with Crippen LogP contribution in [0.2, 0.25) is 0 Å². The van der Waals surface area contributed by atoms with Crippen LogP contribution in [0, 0.1) is 0 Å². The number of piperidine rings is 1. The number of halogens is 3. The monoisotopic (exact) mass is 402 g/mol. The highest BCUT2D eigenvalue weighted by Crippen LogP contribution is 2.31. The minimum Gasteiger partial charge on any atom is -0.383 e. The Balaban J connectivity index is 1.62. The van der Waals surface area contributed by atoms with Crippen molar-refractivity contribution >= 4 is 22.8 Å². The van der Waals surface area contributed by atoms with E-state index in [2.05, 4.69) is 32.2 Å². The molecular formula is C20H21F3N6. The van der Waals surface area contributed by atoms with Crippen molar-refractivity contribution in [2.45, 2.75) is 25.1 Å². The number of pyridine rings is 1. The zero-order valence-corrected chi connectivity index (χ0v) is 15.9. The van der Waals surface area contributed by atoms with E-state index in [0.29, 0.717) is 34.1 Å². The van der Waals surface area contributed by atoms with Gasteiger partial charge in [0, 0.05) is 11.6 Å². The van der Waals surface area contributed by atoms with Crippen LogP contribution in [0.4, 0.5) is 24.9 Å². The molecule has 152 valence electrons. The molecule has 6 nitrogen and oxygen atoms in total. The molecule has 3 heterocycles. The van der Waals surface area contributed by atoms with Crippen molar-refractivity contribution in [3.8, 4) is 11.3 Å². The Morgan fingerprint density at radius 1 is 1.00 bits per heavy atom. The number of benzene rings is 1. The topological polar surface area (TPSA) is 80.0 Å². The molecule has 2 aromatic heterocycles. The lowest BCUT2D eigenvalue weighted by molar-refractivity contribution is -0.137. The van der Waals surface area contributed by atoms with Crippen LogP contribution in [0.25, 0.3) is 22.3 Å². The molecule has 1 aliphatic heterocycles. The van der Waals surface area contributed by atoms with Gasteiger partial charge in [-0.05, 0) is 57.2 Å². The first kappa shape index (κ1) is 19.4. The number of nitrogens with zero attached hydrogens (tertiary/aromatic N) is 4. The van der Waals surface area contributed by atoms with Gasteiger partial charge in [0.05, 0.1) is 16.6 Å². The van der Waals surface area contributed by atoms with Crippen molar-refractivity contribution in [1.29, 1.82) is 0 Å². The van der Waals surface area contributed by atoms with E-state index >= 15 is 0 Å². The fourth-order valence-corrected chi connectivity index (χ4v) is 3.42. The first-order valence-electron chi connectivity index (χ1n) is 9.36. The highest BCUT2D eigenvalue weighted by molar-refractivity contribution is 5.88. The second kappa shape index (κ2) is 7.47. The molecule has 1 aromatic carbocycles. The molecule has 0 amide bonds. The number of hydrogen-bond acceptors (Lipinski definition) is 6. The lowest BCUT2D eigenvalue weighted by atomic mass is 10.1. The van der Waals surface area contributed by atoms with E-state index in [1.807, 2.05) is 0 Å². The maximum atomic E-state index is 12.8. The van der Waals surface area contributed by atoms with Crippen LogP contribution in [-0.2, 0) is 6.18 Å². The molecule has 3 N–H and O–H groups in total. The summed E-state index contributed by atoms with van der Waals surface area (Å²) >= 11 is 0. The molecule has 0 unspecified atom stereocenters. The van der Waals surface area contributed by atoms with Gasteiger partial charge in [0.25, 0.3) is 0 Å². The number of anilines is 2. The van der Waals surface area contributed by atoms with Crippen LogP contribution in [0.15, 0.2) is 36.4 Å². The Kier molecular flexibility index (Phi) is 4.99. The van der Waals surface area contributed by atoms with Gasteiger partial charge in [0.1, 0.15) is 5.82 Å². The average Bonchev–Trinajstić information content (AvgIpc) is 2.69. The van der Waals surface area contributed by atoms with Gasteiger partial charge in [0.15, 0.2) is 5.65 Å². The van der Waals surface area contributed by atoms with Gasteiger partial charge >= 0.3 is 6.18 Å². The third-order valence-corrected chi connectivity index (χ3v) is 5.15. The normalized spacial score (nSPS) is 16.3. The number of hydrogen-bond donors (Lipinski definition) is 2. The van der Waals surface area contributed by atoms with Gasteiger partial charge in [-0.3, -0.25) is 0 Å². The van der Waals surface area contributed by atoms with Crippen molar-refractivity contribution in [3.05, 3.63) is 42.0 Å². The van der Waals surface area contributed by atoms with Crippen LogP contribution in [0.3, 0.4) is 0 Å². The maximum Gasteiger partial charge on any atom is 0.416 e. The third kappa shape index (κ3) is 4.24. The number of fused-ring (bicyclic) bond motifs is 1. The quantitative estimate of drug-likeness (QED) is 0.694. The average molecular weight is 402 g/mol. The van der Waals surface area contributed by atoms with E-state index < -0.39 is 11.7 Å². The molecule has 0 bridgehead atoms. The molecule has 0 radical (unpaired) electrons. The lowest BCUT2D eigenvalue weighted by Crippen LogP contribution is -2.37. The van der Waals surface area contributed by atoms with E-state index in [4.69, 9.17) is 5.73 Å². The maximum absolute atomic E-state index is 12.8. The fraction of sp³-hybridized carbons (Fsp3) is 0.350. The van der Waals surface area contributed by atoms with Crippen molar-refractivity contribution in [2.75, 3.05) is 31.2 Å². The predicted octanol–water partition coefficient (Wildman–Crippen LogP) is 3.80. The second-order valence-electron chi connectivity index (χ2n) is 7.30. The number of likely N-dealkylation sites (tertiary alicyclic amines) is 1. The lowest BCUT2D eigenvalue weighted by Gasteiger charge is -2.29. The van der Waals surface area contributed by atoms with Gasteiger partial charge in [-0.1, -0.05) is 12.1 Å². The summed E-state index contributed by atoms with van der Waals surface area (Å²) in [6.45, 7) is 1.99. The molecule has 29 heavy (non-hydrogen) atoms. The molecule has 0 saturated carbocycles. The largest absolute Gasteiger partial charge is 0.416 e. The van der Waals surface area contributed by atoms with E-state index in [0.717, 1.165) is 38.1 Å². The zero-order valence-electron chi connectivity index (χ0n) is 15.9. The summed E-state index contributed by atoms with van der Waals surface area (Å²) in [4.78, 5) is 15.6. The first-order chi connectivity index (χ1) is 13.8. The molecule has 4 rings (SSSR count). The van der Waals surface area contributed by atoms with E-state index in [1.54, 1.807) is 12.1 Å². The van der Waals surface area contributed by atoms with E-state index in [1.165, 1.54) is 12.1 Å². The van der Waals surface area contributed by atoms with Gasteiger partial charge in [0.2, 0.25) is 5.95 Å². The highest BCUT2D eigenvalue weighted by atomic mass is 19.4. The molecular weight excluding hydrogens is 381 g/mol. The van der Waals surface area contributed by atoms with Gasteiger partial charge in [-0.15, -0.1) is 0 Å². The standard InChI is InChI=1S/C20H21F3N6/c1-29-10-8-14(9-11-29)25-19-27-17(24)15-6-7-16(26-18(15)28-19)12-2-4-13(5-3-12)20(21,22)23/h2-7,14H,8-11H2,1H3,(H3,24,25,26,27,28). The van der Waals surface area contributed by atoms with Gasteiger partial charge in [-0.25, -0.2) is 4.98 Å². The molecule has 1 saturated heterocycles. The Morgan fingerprint density at radius 3 is 2.34 bits per heavy atom. The molecule has 9 heteroatoms. The summed E-state index contributed by atoms with van der Waals surface area (Å²) in [5, 5.41) is 3.93. The Morgan fingerprint density at radius 2 is 1.69 bits per heavy atom. The first-order valence-corrected chi connectivity index (χ1v) is 9.36. The third-order valence-electron chi connectivity index (χ3n) is 5.15. The van der Waals surface area contributed by atoms with E-state index in [9.17, 15) is 13.2 Å². The molecule has 1 fully saturated rings. The van der Waals surface area contributed by atoms with Crippen molar-refractivity contribution in [2.24, 2.45) is 0 Å². The second-order valence-corrected chi connectivity index (χ2v) is 7.30. The predicted molar refractivity (Wildman–Crippen MR) is 106 cm³/mol. The molecule has 0 aliphatic carbocycles. The van der Waals surface area contributed by atoms with Crippen LogP contribution in [-0.4, -0.2) is 46.0 Å². The van der Waals surface area contributed by atoms with Crippen LogP contribution in [0.1, 0.15) is 18.4 Å².